The maximum absolute atomic E-state index is 6.03. The van der Waals surface area contributed by atoms with Gasteiger partial charge in [-0.2, -0.15) is 0 Å². The average Bonchev–Trinajstić information content (AvgIpc) is 3.47. The van der Waals surface area contributed by atoms with Gasteiger partial charge in [0.05, 0.1) is 19.8 Å². The molecule has 6 nitrogen and oxygen atoms in total. The third kappa shape index (κ3) is 10.2. The summed E-state index contributed by atoms with van der Waals surface area (Å²) >= 11 is 0. The number of guanidine groups is 1. The Morgan fingerprint density at radius 3 is 2.70 bits per heavy atom. The number of benzene rings is 1. The summed E-state index contributed by atoms with van der Waals surface area (Å²) in [6.45, 7) is 6.40. The molecule has 0 heterocycles. The minimum Gasteiger partial charge on any atom is -0.493 e. The molecule has 154 valence electrons. The van der Waals surface area contributed by atoms with Crippen molar-refractivity contribution in [2.75, 3.05) is 47.1 Å². The molecular formula is C20H34IN3O3. The van der Waals surface area contributed by atoms with Gasteiger partial charge in [-0.05, 0) is 43.7 Å². The molecule has 0 atom stereocenters. The van der Waals surface area contributed by atoms with Gasteiger partial charge in [0.25, 0.3) is 0 Å². The number of hydrogen-bond acceptors (Lipinski definition) is 4. The molecule has 2 N–H and O–H groups in total. The second kappa shape index (κ2) is 14.0. The van der Waals surface area contributed by atoms with Crippen molar-refractivity contribution in [2.45, 2.75) is 32.7 Å². The van der Waals surface area contributed by atoms with Crippen LogP contribution in [0.25, 0.3) is 0 Å². The molecule has 1 aromatic rings. The number of aryl methyl sites for hydroxylation is 1. The first-order valence-electron chi connectivity index (χ1n) is 9.46. The molecule has 0 saturated heterocycles. The van der Waals surface area contributed by atoms with Crippen molar-refractivity contribution in [3.8, 4) is 5.75 Å². The number of nitrogens with one attached hydrogen (secondary N) is 2. The standard InChI is InChI=1S/C20H33N3O3.HI/c1-16-5-8-18(19(13-16)26-15-17-6-7-17)14-23-20(21-2)22-9-4-10-25-12-11-24-3;/h5,8,13,17H,4,6-7,9-12,14-15H2,1-3H3,(H2,21,22,23);1H. The highest BCUT2D eigenvalue weighted by molar-refractivity contribution is 14.0. The second-order valence-corrected chi connectivity index (χ2v) is 6.68. The molecule has 27 heavy (non-hydrogen) atoms. The molecule has 1 aliphatic rings. The number of rotatable bonds is 12. The monoisotopic (exact) mass is 491 g/mol. The zero-order valence-electron chi connectivity index (χ0n) is 16.8. The molecule has 1 aromatic carbocycles. The Hall–Kier alpha value is -1.06. The summed E-state index contributed by atoms with van der Waals surface area (Å²) in [5.41, 5.74) is 2.37. The highest BCUT2D eigenvalue weighted by Gasteiger charge is 2.22. The van der Waals surface area contributed by atoms with Crippen LogP contribution in [0.15, 0.2) is 23.2 Å². The van der Waals surface area contributed by atoms with Crippen molar-refractivity contribution in [3.63, 3.8) is 0 Å². The van der Waals surface area contributed by atoms with Gasteiger partial charge in [0.1, 0.15) is 5.75 Å². The van der Waals surface area contributed by atoms with E-state index in [2.05, 4.69) is 40.7 Å². The zero-order chi connectivity index (χ0) is 18.6. The third-order valence-corrected chi connectivity index (χ3v) is 4.25. The summed E-state index contributed by atoms with van der Waals surface area (Å²) in [5, 5.41) is 6.67. The summed E-state index contributed by atoms with van der Waals surface area (Å²) in [4.78, 5) is 4.27. The second-order valence-electron chi connectivity index (χ2n) is 6.68. The van der Waals surface area contributed by atoms with E-state index in [4.69, 9.17) is 14.2 Å². The fourth-order valence-corrected chi connectivity index (χ4v) is 2.46. The highest BCUT2D eigenvalue weighted by atomic mass is 127. The highest BCUT2D eigenvalue weighted by Crippen LogP contribution is 2.30. The number of methoxy groups -OCH3 is 1. The van der Waals surface area contributed by atoms with Gasteiger partial charge >= 0.3 is 0 Å². The molecule has 2 rings (SSSR count). The molecule has 1 saturated carbocycles. The van der Waals surface area contributed by atoms with Crippen LogP contribution in [0.4, 0.5) is 0 Å². The van der Waals surface area contributed by atoms with E-state index in [9.17, 15) is 0 Å². The smallest absolute Gasteiger partial charge is 0.191 e. The van der Waals surface area contributed by atoms with Crippen LogP contribution in [0.1, 0.15) is 30.4 Å². The van der Waals surface area contributed by atoms with Gasteiger partial charge in [-0.25, -0.2) is 0 Å². The molecule has 1 fully saturated rings. The SMILES string of the molecule is CN=C(NCCCOCCOC)NCc1ccc(C)cc1OCC1CC1.I. The quantitative estimate of drug-likeness (QED) is 0.204. The van der Waals surface area contributed by atoms with Crippen LogP contribution in [0.3, 0.4) is 0 Å². The van der Waals surface area contributed by atoms with Crippen molar-refractivity contribution in [2.24, 2.45) is 10.9 Å². The van der Waals surface area contributed by atoms with E-state index in [1.165, 1.54) is 18.4 Å². The lowest BCUT2D eigenvalue weighted by atomic mass is 10.1. The Balaban J connectivity index is 0.00000364. The van der Waals surface area contributed by atoms with Gasteiger partial charge in [0, 0.05) is 39.4 Å². The first kappa shape index (κ1) is 24.0. The number of hydrogen-bond donors (Lipinski definition) is 2. The Morgan fingerprint density at radius 1 is 1.19 bits per heavy atom. The van der Waals surface area contributed by atoms with Crippen LogP contribution in [-0.2, 0) is 16.0 Å². The van der Waals surface area contributed by atoms with Crippen LogP contribution in [0.5, 0.6) is 5.75 Å². The molecule has 0 radical (unpaired) electrons. The fourth-order valence-electron chi connectivity index (χ4n) is 2.46. The van der Waals surface area contributed by atoms with E-state index < -0.39 is 0 Å². The fraction of sp³-hybridized carbons (Fsp3) is 0.650. The summed E-state index contributed by atoms with van der Waals surface area (Å²) in [5.74, 6) is 2.51. The van der Waals surface area contributed by atoms with Crippen molar-refractivity contribution >= 4 is 29.9 Å². The molecular weight excluding hydrogens is 457 g/mol. The maximum atomic E-state index is 6.03. The Bertz CT molecular complexity index is 565. The lowest BCUT2D eigenvalue weighted by Gasteiger charge is -2.15. The van der Waals surface area contributed by atoms with Gasteiger partial charge in [-0.1, -0.05) is 12.1 Å². The van der Waals surface area contributed by atoms with E-state index >= 15 is 0 Å². The van der Waals surface area contributed by atoms with E-state index in [1.54, 1.807) is 14.2 Å². The Kier molecular flexibility index (Phi) is 12.4. The Labute approximate surface area is 180 Å². The van der Waals surface area contributed by atoms with E-state index in [-0.39, 0.29) is 24.0 Å². The molecule has 7 heteroatoms. The zero-order valence-corrected chi connectivity index (χ0v) is 19.1. The molecule has 0 unspecified atom stereocenters. The van der Waals surface area contributed by atoms with Gasteiger partial charge in [-0.15, -0.1) is 24.0 Å². The van der Waals surface area contributed by atoms with Gasteiger partial charge in [0.15, 0.2) is 5.96 Å². The van der Waals surface area contributed by atoms with E-state index in [1.807, 2.05) is 0 Å². The summed E-state index contributed by atoms with van der Waals surface area (Å²) in [6.07, 6.45) is 3.51. The van der Waals surface area contributed by atoms with E-state index in [0.29, 0.717) is 26.4 Å². The summed E-state index contributed by atoms with van der Waals surface area (Å²) < 4.78 is 16.4. The predicted octanol–water partition coefficient (Wildman–Crippen LogP) is 3.12. The maximum Gasteiger partial charge on any atom is 0.191 e. The van der Waals surface area contributed by atoms with Crippen LogP contribution >= 0.6 is 24.0 Å². The minimum absolute atomic E-state index is 0. The number of nitrogens with zero attached hydrogens (tertiary/aromatic N) is 1. The van der Waals surface area contributed by atoms with Gasteiger partial charge in [0.2, 0.25) is 0 Å². The summed E-state index contributed by atoms with van der Waals surface area (Å²) in [6, 6.07) is 6.36. The van der Waals surface area contributed by atoms with Crippen molar-refractivity contribution < 1.29 is 14.2 Å². The van der Waals surface area contributed by atoms with E-state index in [0.717, 1.165) is 42.8 Å². The molecule has 0 aromatic heterocycles. The molecule has 0 bridgehead atoms. The lowest BCUT2D eigenvalue weighted by Crippen LogP contribution is -2.37. The molecule has 0 amide bonds. The number of halogens is 1. The largest absolute Gasteiger partial charge is 0.493 e. The van der Waals surface area contributed by atoms with Crippen molar-refractivity contribution in [1.29, 1.82) is 0 Å². The van der Waals surface area contributed by atoms with Crippen LogP contribution in [0, 0.1) is 12.8 Å². The molecule has 0 aliphatic heterocycles. The molecule has 0 spiro atoms. The number of ether oxygens (including phenoxy) is 3. The minimum atomic E-state index is 0. The summed E-state index contributed by atoms with van der Waals surface area (Å²) in [7, 11) is 3.46. The Morgan fingerprint density at radius 2 is 2.00 bits per heavy atom. The normalized spacial score (nSPS) is 13.8. The third-order valence-electron chi connectivity index (χ3n) is 4.25. The van der Waals surface area contributed by atoms with Crippen LogP contribution in [0.2, 0.25) is 0 Å². The lowest BCUT2D eigenvalue weighted by molar-refractivity contribution is 0.0698. The van der Waals surface area contributed by atoms with Gasteiger partial charge < -0.3 is 24.8 Å². The molecule has 1 aliphatic carbocycles. The average molecular weight is 491 g/mol. The number of aliphatic imine (C=N–C) groups is 1. The first-order chi connectivity index (χ1) is 12.7. The predicted molar refractivity (Wildman–Crippen MR) is 120 cm³/mol. The van der Waals surface area contributed by atoms with Crippen molar-refractivity contribution in [1.82, 2.24) is 10.6 Å². The topological polar surface area (TPSA) is 64.1 Å². The van der Waals surface area contributed by atoms with Crippen LogP contribution < -0.4 is 15.4 Å². The first-order valence-corrected chi connectivity index (χ1v) is 9.46. The van der Waals surface area contributed by atoms with Crippen molar-refractivity contribution in [3.05, 3.63) is 29.3 Å². The van der Waals surface area contributed by atoms with Crippen LogP contribution in [-0.4, -0.2) is 53.1 Å². The van der Waals surface area contributed by atoms with Gasteiger partial charge in [-0.3, -0.25) is 4.99 Å².